The van der Waals surface area contributed by atoms with Crippen molar-refractivity contribution in [3.05, 3.63) is 62.5 Å². The molecule has 2 aromatic heterocycles. The van der Waals surface area contributed by atoms with E-state index < -0.39 is 5.97 Å². The lowest BCUT2D eigenvalue weighted by molar-refractivity contribution is 0.0701. The van der Waals surface area contributed by atoms with E-state index in [1.807, 2.05) is 30.3 Å². The van der Waals surface area contributed by atoms with E-state index in [0.29, 0.717) is 16.2 Å². The predicted octanol–water partition coefficient (Wildman–Crippen LogP) is 2.94. The maximum absolute atomic E-state index is 12.4. The molecule has 2 heterocycles. The minimum atomic E-state index is -1.07. The van der Waals surface area contributed by atoms with E-state index in [4.69, 9.17) is 9.84 Å². The highest BCUT2D eigenvalue weighted by molar-refractivity contribution is 7.18. The van der Waals surface area contributed by atoms with Crippen molar-refractivity contribution in [3.8, 4) is 5.75 Å². The van der Waals surface area contributed by atoms with Crippen LogP contribution < -0.4 is 10.3 Å². The van der Waals surface area contributed by atoms with Gasteiger partial charge < -0.3 is 9.84 Å². The second kappa shape index (κ2) is 6.29. The number of carbonyl (C=O) groups is 1. The van der Waals surface area contributed by atoms with Crippen LogP contribution in [0.25, 0.3) is 17.1 Å². The van der Waals surface area contributed by atoms with Gasteiger partial charge in [0.05, 0.1) is 12.8 Å². The molecule has 0 saturated heterocycles. The first-order valence-electron chi connectivity index (χ1n) is 7.08. The molecular weight excluding hydrogens is 328 g/mol. The summed E-state index contributed by atoms with van der Waals surface area (Å²) in [7, 11) is 1.60. The zero-order chi connectivity index (χ0) is 17.3. The van der Waals surface area contributed by atoms with Gasteiger partial charge in [-0.2, -0.15) is 0 Å². The van der Waals surface area contributed by atoms with Crippen molar-refractivity contribution < 1.29 is 14.6 Å². The lowest BCUT2D eigenvalue weighted by atomic mass is 10.1. The number of methoxy groups -OCH3 is 1. The maximum Gasteiger partial charge on any atom is 0.347 e. The lowest BCUT2D eigenvalue weighted by Crippen LogP contribution is -2.17. The van der Waals surface area contributed by atoms with Gasteiger partial charge >= 0.3 is 5.97 Å². The fourth-order valence-corrected chi connectivity index (χ4v) is 3.05. The molecule has 0 aliphatic rings. The Morgan fingerprint density at radius 3 is 2.88 bits per heavy atom. The molecule has 0 aliphatic carbocycles. The molecule has 0 aliphatic heterocycles. The van der Waals surface area contributed by atoms with Crippen LogP contribution in [0.15, 0.2) is 35.3 Å². The highest BCUT2D eigenvalue weighted by atomic mass is 32.1. The number of fused-ring (bicyclic) bond motifs is 1. The van der Waals surface area contributed by atoms with Crippen molar-refractivity contribution in [3.63, 3.8) is 0 Å². The van der Waals surface area contributed by atoms with Crippen molar-refractivity contribution in [2.45, 2.75) is 6.92 Å². The van der Waals surface area contributed by atoms with Crippen molar-refractivity contribution in [2.75, 3.05) is 7.11 Å². The highest BCUT2D eigenvalue weighted by Gasteiger charge is 2.13. The molecule has 3 rings (SSSR count). The first kappa shape index (κ1) is 15.9. The predicted molar refractivity (Wildman–Crippen MR) is 93.0 cm³/mol. The Hall–Kier alpha value is -2.93. The highest BCUT2D eigenvalue weighted by Crippen LogP contribution is 2.18. The van der Waals surface area contributed by atoms with Gasteiger partial charge in [-0.1, -0.05) is 29.5 Å². The van der Waals surface area contributed by atoms with Crippen LogP contribution in [0.4, 0.5) is 0 Å². The quantitative estimate of drug-likeness (QED) is 0.788. The van der Waals surface area contributed by atoms with Crippen molar-refractivity contribution in [1.82, 2.24) is 9.38 Å². The third kappa shape index (κ3) is 2.93. The van der Waals surface area contributed by atoms with Gasteiger partial charge in [-0.05, 0) is 30.7 Å². The van der Waals surface area contributed by atoms with Crippen molar-refractivity contribution in [2.24, 2.45) is 0 Å². The third-order valence-electron chi connectivity index (χ3n) is 3.53. The minimum absolute atomic E-state index is 0.0768. The van der Waals surface area contributed by atoms with E-state index in [0.717, 1.165) is 22.6 Å². The first-order valence-corrected chi connectivity index (χ1v) is 7.89. The van der Waals surface area contributed by atoms with Gasteiger partial charge in [-0.15, -0.1) is 0 Å². The zero-order valence-electron chi connectivity index (χ0n) is 13.0. The van der Waals surface area contributed by atoms with Crippen molar-refractivity contribution >= 4 is 34.4 Å². The Morgan fingerprint density at radius 2 is 2.17 bits per heavy atom. The third-order valence-corrected chi connectivity index (χ3v) is 4.50. The molecule has 0 bridgehead atoms. The van der Waals surface area contributed by atoms with Crippen LogP contribution in [0, 0.1) is 6.92 Å². The van der Waals surface area contributed by atoms with Crippen LogP contribution >= 0.6 is 11.3 Å². The summed E-state index contributed by atoms with van der Waals surface area (Å²) in [6.07, 6.45) is 4.88. The molecule has 0 saturated carbocycles. The van der Waals surface area contributed by atoms with E-state index in [2.05, 4.69) is 4.98 Å². The van der Waals surface area contributed by atoms with E-state index in [9.17, 15) is 9.59 Å². The molecule has 0 fully saturated rings. The molecular formula is C17H14N2O4S. The largest absolute Gasteiger partial charge is 0.497 e. The number of rotatable bonds is 4. The number of hydrogen-bond donors (Lipinski definition) is 1. The summed E-state index contributed by atoms with van der Waals surface area (Å²) < 4.78 is 6.45. The molecule has 24 heavy (non-hydrogen) atoms. The Balaban J connectivity index is 2.05. The molecule has 122 valence electrons. The molecule has 0 unspecified atom stereocenters. The number of ether oxygens (including phenoxy) is 1. The molecule has 0 atom stereocenters. The number of benzene rings is 1. The van der Waals surface area contributed by atoms with Gasteiger partial charge in [0, 0.05) is 11.8 Å². The lowest BCUT2D eigenvalue weighted by Gasteiger charge is -2.02. The summed E-state index contributed by atoms with van der Waals surface area (Å²) >= 11 is 0.969. The second-order valence-electron chi connectivity index (χ2n) is 5.09. The zero-order valence-corrected chi connectivity index (χ0v) is 13.8. The average Bonchev–Trinajstić information content (AvgIpc) is 3.01. The molecule has 0 amide bonds. The fraction of sp³-hybridized carbons (Fsp3) is 0.118. The number of hydrogen-bond acceptors (Lipinski definition) is 5. The summed E-state index contributed by atoms with van der Waals surface area (Å²) in [5.74, 6) is -0.335. The summed E-state index contributed by atoms with van der Waals surface area (Å²) in [6, 6.07) is 7.49. The number of carboxylic acid groups (broad SMARTS) is 1. The van der Waals surface area contributed by atoms with Gasteiger partial charge in [0.15, 0.2) is 4.96 Å². The average molecular weight is 342 g/mol. The number of aromatic nitrogens is 2. The first-order chi connectivity index (χ1) is 11.5. The molecule has 1 aromatic carbocycles. The van der Waals surface area contributed by atoms with Crippen LogP contribution in [-0.4, -0.2) is 27.6 Å². The van der Waals surface area contributed by atoms with Gasteiger partial charge in [0.1, 0.15) is 10.6 Å². The number of aromatic carboxylic acids is 1. The monoisotopic (exact) mass is 342 g/mol. The molecule has 0 spiro atoms. The van der Waals surface area contributed by atoms with Crippen LogP contribution in [0.3, 0.4) is 0 Å². The summed E-state index contributed by atoms with van der Waals surface area (Å²) in [6.45, 7) is 1.67. The topological polar surface area (TPSA) is 80.9 Å². The van der Waals surface area contributed by atoms with E-state index in [-0.39, 0.29) is 10.4 Å². The van der Waals surface area contributed by atoms with Gasteiger partial charge in [0.25, 0.3) is 5.56 Å². The van der Waals surface area contributed by atoms with Crippen LogP contribution in [0.2, 0.25) is 0 Å². The molecule has 3 aromatic rings. The van der Waals surface area contributed by atoms with Crippen LogP contribution in [0.1, 0.15) is 26.5 Å². The summed E-state index contributed by atoms with van der Waals surface area (Å²) in [5.41, 5.74) is 1.62. The Morgan fingerprint density at radius 1 is 1.38 bits per heavy atom. The maximum atomic E-state index is 12.4. The summed E-state index contributed by atoms with van der Waals surface area (Å²) in [5, 5.41) is 9.06. The van der Waals surface area contributed by atoms with E-state index >= 15 is 0 Å². The van der Waals surface area contributed by atoms with Crippen LogP contribution in [-0.2, 0) is 0 Å². The molecule has 6 nitrogen and oxygen atoms in total. The number of nitrogens with zero attached hydrogens (tertiary/aromatic N) is 2. The molecule has 1 N–H and O–H groups in total. The normalized spacial score (nSPS) is 11.2. The van der Waals surface area contributed by atoms with Gasteiger partial charge in [-0.25, -0.2) is 9.78 Å². The van der Waals surface area contributed by atoms with E-state index in [1.165, 1.54) is 10.6 Å². The SMILES string of the molecule is COc1cccc(/C=C/c2nc3sc(C(=O)O)cn3c(=O)c2C)c1. The Bertz CT molecular complexity index is 1020. The minimum Gasteiger partial charge on any atom is -0.497 e. The van der Waals surface area contributed by atoms with Gasteiger partial charge in [0.2, 0.25) is 0 Å². The fourth-order valence-electron chi connectivity index (χ4n) is 2.23. The standard InChI is InChI=1S/C17H14N2O4S/c1-10-13(7-6-11-4-3-5-12(8-11)23-2)18-17-19(15(10)20)9-14(24-17)16(21)22/h3-9H,1-2H3,(H,21,22)/b7-6+. The van der Waals surface area contributed by atoms with E-state index in [1.54, 1.807) is 20.1 Å². The van der Waals surface area contributed by atoms with Gasteiger partial charge in [-0.3, -0.25) is 9.20 Å². The number of carboxylic acids is 1. The number of thiazole rings is 1. The second-order valence-corrected chi connectivity index (χ2v) is 6.10. The summed E-state index contributed by atoms with van der Waals surface area (Å²) in [4.78, 5) is 28.3. The Kier molecular flexibility index (Phi) is 4.18. The Labute approximate surface area is 141 Å². The smallest absolute Gasteiger partial charge is 0.347 e. The van der Waals surface area contributed by atoms with Crippen molar-refractivity contribution in [1.29, 1.82) is 0 Å². The van der Waals surface area contributed by atoms with Crippen LogP contribution in [0.5, 0.6) is 5.75 Å². The molecule has 7 heteroatoms. The molecule has 0 radical (unpaired) electrons.